The van der Waals surface area contributed by atoms with Crippen molar-refractivity contribution in [2.45, 2.75) is 65.0 Å². The van der Waals surface area contributed by atoms with Gasteiger partial charge in [0.05, 0.1) is 6.54 Å². The number of aryl methyl sites for hydroxylation is 1. The Morgan fingerprint density at radius 1 is 1.07 bits per heavy atom. The molecule has 2 aliphatic heterocycles. The molecule has 4 heteroatoms. The second-order valence-corrected chi connectivity index (χ2v) is 8.43. The molecule has 0 bridgehead atoms. The van der Waals surface area contributed by atoms with Crippen molar-refractivity contribution in [3.63, 3.8) is 0 Å². The van der Waals surface area contributed by atoms with Crippen molar-refractivity contribution in [2.75, 3.05) is 39.3 Å². The minimum atomic E-state index is 0.294. The molecule has 0 spiro atoms. The number of rotatable bonds is 8. The average Bonchev–Trinajstić information content (AvgIpc) is 3.10. The molecule has 0 N–H and O–H groups in total. The highest BCUT2D eigenvalue weighted by Gasteiger charge is 2.29. The van der Waals surface area contributed by atoms with Gasteiger partial charge in [-0.2, -0.15) is 0 Å². The molecule has 1 amide bonds. The van der Waals surface area contributed by atoms with Crippen molar-refractivity contribution in [3.05, 3.63) is 35.4 Å². The Labute approximate surface area is 165 Å². The fraction of sp³-hybridized carbons (Fsp3) is 0.696. The maximum absolute atomic E-state index is 13.1. The van der Waals surface area contributed by atoms with Crippen molar-refractivity contribution in [3.8, 4) is 0 Å². The minimum Gasteiger partial charge on any atom is -0.337 e. The first-order valence-corrected chi connectivity index (χ1v) is 11.0. The second kappa shape index (κ2) is 10.2. The Morgan fingerprint density at radius 2 is 1.81 bits per heavy atom. The van der Waals surface area contributed by atoms with Crippen molar-refractivity contribution >= 4 is 5.91 Å². The second-order valence-electron chi connectivity index (χ2n) is 8.43. The van der Waals surface area contributed by atoms with E-state index in [1.54, 1.807) is 0 Å². The Balaban J connectivity index is 1.55. The third-order valence-electron chi connectivity index (χ3n) is 6.10. The van der Waals surface area contributed by atoms with Gasteiger partial charge >= 0.3 is 0 Å². The lowest BCUT2D eigenvalue weighted by atomic mass is 10.1. The molecule has 0 radical (unpaired) electrons. The van der Waals surface area contributed by atoms with Gasteiger partial charge in [0.1, 0.15) is 0 Å². The van der Waals surface area contributed by atoms with E-state index in [0.717, 1.165) is 32.6 Å². The first-order chi connectivity index (χ1) is 13.2. The van der Waals surface area contributed by atoms with Crippen molar-refractivity contribution < 1.29 is 4.79 Å². The van der Waals surface area contributed by atoms with Crippen molar-refractivity contribution in [2.24, 2.45) is 0 Å². The van der Waals surface area contributed by atoms with Gasteiger partial charge in [0.2, 0.25) is 5.91 Å². The van der Waals surface area contributed by atoms with Crippen LogP contribution in [0.1, 0.15) is 56.6 Å². The molecule has 27 heavy (non-hydrogen) atoms. The lowest BCUT2D eigenvalue weighted by Crippen LogP contribution is -2.46. The highest BCUT2D eigenvalue weighted by Crippen LogP contribution is 2.20. The van der Waals surface area contributed by atoms with Crippen LogP contribution in [0.2, 0.25) is 0 Å². The van der Waals surface area contributed by atoms with Crippen molar-refractivity contribution in [1.82, 2.24) is 14.7 Å². The third-order valence-corrected chi connectivity index (χ3v) is 6.10. The average molecular weight is 372 g/mol. The summed E-state index contributed by atoms with van der Waals surface area (Å²) in [7, 11) is 0. The predicted octanol–water partition coefficient (Wildman–Crippen LogP) is 3.68. The Bertz CT molecular complexity index is 580. The molecule has 2 heterocycles. The molecule has 2 saturated heterocycles. The molecule has 1 unspecified atom stereocenters. The van der Waals surface area contributed by atoms with Crippen LogP contribution in [0.4, 0.5) is 0 Å². The standard InChI is InChI=1S/C23H37N3O/c1-3-13-26(17-21-11-9-20(2)10-12-21)23(27)19-25-16-7-8-22(25)18-24-14-5-4-6-15-24/h9-12,22H,3-8,13-19H2,1-2H3. The molecule has 2 aliphatic rings. The number of hydrogen-bond donors (Lipinski definition) is 0. The molecule has 1 atom stereocenters. The lowest BCUT2D eigenvalue weighted by Gasteiger charge is -2.33. The van der Waals surface area contributed by atoms with E-state index in [9.17, 15) is 4.79 Å². The predicted molar refractivity (Wildman–Crippen MR) is 112 cm³/mol. The summed E-state index contributed by atoms with van der Waals surface area (Å²) >= 11 is 0. The van der Waals surface area contributed by atoms with Gasteiger partial charge in [0, 0.05) is 25.7 Å². The maximum Gasteiger partial charge on any atom is 0.237 e. The normalized spacial score (nSPS) is 21.5. The van der Waals surface area contributed by atoms with Gasteiger partial charge in [-0.1, -0.05) is 43.2 Å². The Kier molecular flexibility index (Phi) is 7.71. The lowest BCUT2D eigenvalue weighted by molar-refractivity contribution is -0.133. The van der Waals surface area contributed by atoms with Gasteiger partial charge in [-0.3, -0.25) is 9.69 Å². The molecular formula is C23H37N3O. The summed E-state index contributed by atoms with van der Waals surface area (Å²) in [5, 5.41) is 0. The van der Waals surface area contributed by atoms with Crippen LogP contribution in [0.15, 0.2) is 24.3 Å². The SMILES string of the molecule is CCCN(Cc1ccc(C)cc1)C(=O)CN1CCCC1CN1CCCCC1. The van der Waals surface area contributed by atoms with E-state index in [1.165, 1.54) is 56.3 Å². The molecule has 4 nitrogen and oxygen atoms in total. The van der Waals surface area contributed by atoms with Crippen LogP contribution < -0.4 is 0 Å². The van der Waals surface area contributed by atoms with Crippen LogP contribution in [-0.2, 0) is 11.3 Å². The fourth-order valence-corrected chi connectivity index (χ4v) is 4.50. The topological polar surface area (TPSA) is 26.8 Å². The molecule has 1 aromatic carbocycles. The van der Waals surface area contributed by atoms with E-state index < -0.39 is 0 Å². The molecule has 1 aromatic rings. The number of amides is 1. The van der Waals surface area contributed by atoms with Gasteiger partial charge in [0.25, 0.3) is 0 Å². The number of nitrogens with zero attached hydrogens (tertiary/aromatic N) is 3. The van der Waals surface area contributed by atoms with Crippen LogP contribution >= 0.6 is 0 Å². The number of hydrogen-bond acceptors (Lipinski definition) is 3. The molecular weight excluding hydrogens is 334 g/mol. The maximum atomic E-state index is 13.1. The largest absolute Gasteiger partial charge is 0.337 e. The molecule has 0 aromatic heterocycles. The van der Waals surface area contributed by atoms with E-state index in [-0.39, 0.29) is 0 Å². The smallest absolute Gasteiger partial charge is 0.237 e. The van der Waals surface area contributed by atoms with Crippen LogP contribution in [-0.4, -0.2) is 65.9 Å². The van der Waals surface area contributed by atoms with Crippen LogP contribution in [0.25, 0.3) is 0 Å². The molecule has 0 aliphatic carbocycles. The van der Waals surface area contributed by atoms with E-state index in [4.69, 9.17) is 0 Å². The fourth-order valence-electron chi connectivity index (χ4n) is 4.50. The summed E-state index contributed by atoms with van der Waals surface area (Å²) in [6, 6.07) is 9.15. The van der Waals surface area contributed by atoms with E-state index >= 15 is 0 Å². The summed E-state index contributed by atoms with van der Waals surface area (Å²) in [5.41, 5.74) is 2.50. The van der Waals surface area contributed by atoms with Crippen molar-refractivity contribution in [1.29, 1.82) is 0 Å². The van der Waals surface area contributed by atoms with Crippen LogP contribution in [0, 0.1) is 6.92 Å². The monoisotopic (exact) mass is 371 g/mol. The molecule has 150 valence electrons. The Hall–Kier alpha value is -1.39. The zero-order valence-electron chi connectivity index (χ0n) is 17.3. The molecule has 2 fully saturated rings. The molecule has 3 rings (SSSR count). The van der Waals surface area contributed by atoms with Gasteiger partial charge in [-0.15, -0.1) is 0 Å². The summed E-state index contributed by atoms with van der Waals surface area (Å²) in [6.45, 7) is 11.1. The summed E-state index contributed by atoms with van der Waals surface area (Å²) in [6.07, 6.45) is 7.55. The highest BCUT2D eigenvalue weighted by molar-refractivity contribution is 5.78. The minimum absolute atomic E-state index is 0.294. The number of carbonyl (C=O) groups is 1. The number of piperidine rings is 1. The zero-order valence-corrected chi connectivity index (χ0v) is 17.3. The quantitative estimate of drug-likeness (QED) is 0.697. The summed E-state index contributed by atoms with van der Waals surface area (Å²) < 4.78 is 0. The summed E-state index contributed by atoms with van der Waals surface area (Å²) in [5.74, 6) is 0.294. The van der Waals surface area contributed by atoms with E-state index in [2.05, 4.69) is 52.8 Å². The number of benzene rings is 1. The summed E-state index contributed by atoms with van der Waals surface area (Å²) in [4.78, 5) is 20.2. The van der Waals surface area contributed by atoms with Crippen LogP contribution in [0.3, 0.4) is 0 Å². The molecule has 0 saturated carbocycles. The van der Waals surface area contributed by atoms with Gasteiger partial charge in [-0.25, -0.2) is 0 Å². The Morgan fingerprint density at radius 3 is 2.52 bits per heavy atom. The third kappa shape index (κ3) is 6.05. The van der Waals surface area contributed by atoms with E-state index in [0.29, 0.717) is 18.5 Å². The van der Waals surface area contributed by atoms with Crippen LogP contribution in [0.5, 0.6) is 0 Å². The highest BCUT2D eigenvalue weighted by atomic mass is 16.2. The van der Waals surface area contributed by atoms with Gasteiger partial charge in [0.15, 0.2) is 0 Å². The zero-order chi connectivity index (χ0) is 19.1. The van der Waals surface area contributed by atoms with Gasteiger partial charge in [-0.05, 0) is 64.2 Å². The van der Waals surface area contributed by atoms with E-state index in [1.807, 2.05) is 0 Å². The first kappa shape index (κ1) is 20.3. The first-order valence-electron chi connectivity index (χ1n) is 11.0. The van der Waals surface area contributed by atoms with Gasteiger partial charge < -0.3 is 9.80 Å². The number of likely N-dealkylation sites (tertiary alicyclic amines) is 2. The number of carbonyl (C=O) groups excluding carboxylic acids is 1.